The molecule has 1 unspecified atom stereocenters. The Morgan fingerprint density at radius 2 is 1.59 bits per heavy atom. The van der Waals surface area contributed by atoms with Crippen molar-refractivity contribution in [2.24, 2.45) is 5.92 Å². The van der Waals surface area contributed by atoms with Crippen molar-refractivity contribution in [2.75, 3.05) is 19.7 Å². The summed E-state index contributed by atoms with van der Waals surface area (Å²) < 4.78 is 10.8. The number of alkyl carbamates (subject to hydrolysis) is 1. The second-order valence-corrected chi connectivity index (χ2v) is 9.85. The number of nitrogens with one attached hydrogen (secondary N) is 1. The van der Waals surface area contributed by atoms with Gasteiger partial charge in [-0.1, -0.05) is 48.5 Å². The third-order valence-corrected chi connectivity index (χ3v) is 6.11. The van der Waals surface area contributed by atoms with Crippen LogP contribution in [-0.2, 0) is 14.3 Å². The lowest BCUT2D eigenvalue weighted by atomic mass is 9.92. The molecule has 34 heavy (non-hydrogen) atoms. The molecular formula is C26H30N2O6. The third-order valence-electron chi connectivity index (χ3n) is 6.11. The first kappa shape index (κ1) is 23.6. The van der Waals surface area contributed by atoms with Crippen LogP contribution in [-0.4, -0.2) is 59.5 Å². The largest absolute Gasteiger partial charge is 0.480 e. The number of amides is 2. The van der Waals surface area contributed by atoms with Gasteiger partial charge in [0.2, 0.25) is 0 Å². The van der Waals surface area contributed by atoms with Crippen molar-refractivity contribution < 1.29 is 29.0 Å². The number of hydrogen-bond acceptors (Lipinski definition) is 5. The molecular weight excluding hydrogens is 436 g/mol. The molecule has 0 saturated carbocycles. The maximum atomic E-state index is 12.6. The molecule has 8 heteroatoms. The molecule has 1 aliphatic carbocycles. The Morgan fingerprint density at radius 1 is 1.03 bits per heavy atom. The molecule has 1 saturated heterocycles. The quantitative estimate of drug-likeness (QED) is 0.660. The summed E-state index contributed by atoms with van der Waals surface area (Å²) in [5, 5.41) is 11.9. The zero-order valence-electron chi connectivity index (χ0n) is 19.6. The molecule has 0 bridgehead atoms. The van der Waals surface area contributed by atoms with Gasteiger partial charge in [0.05, 0.1) is 0 Å². The Kier molecular flexibility index (Phi) is 6.50. The molecule has 1 heterocycles. The first-order chi connectivity index (χ1) is 16.1. The molecule has 8 nitrogen and oxygen atoms in total. The summed E-state index contributed by atoms with van der Waals surface area (Å²) in [5.74, 6) is -1.19. The first-order valence-corrected chi connectivity index (χ1v) is 11.4. The van der Waals surface area contributed by atoms with Crippen molar-refractivity contribution in [1.29, 1.82) is 0 Å². The Balaban J connectivity index is 1.28. The monoisotopic (exact) mass is 466 g/mol. The molecule has 1 atom stereocenters. The first-order valence-electron chi connectivity index (χ1n) is 11.4. The highest BCUT2D eigenvalue weighted by Gasteiger charge is 2.37. The molecule has 4 rings (SSSR count). The lowest BCUT2D eigenvalue weighted by molar-refractivity contribution is -0.140. The number of carbonyl (C=O) groups excluding carboxylic acids is 2. The number of aliphatic carboxylic acids is 1. The van der Waals surface area contributed by atoms with Crippen molar-refractivity contribution in [3.8, 4) is 11.1 Å². The van der Waals surface area contributed by atoms with E-state index in [2.05, 4.69) is 29.6 Å². The minimum Gasteiger partial charge on any atom is -0.480 e. The smallest absolute Gasteiger partial charge is 0.409 e. The van der Waals surface area contributed by atoms with E-state index in [9.17, 15) is 19.5 Å². The Hall–Kier alpha value is -3.55. The summed E-state index contributed by atoms with van der Waals surface area (Å²) in [6, 6.07) is 15.2. The van der Waals surface area contributed by atoms with Gasteiger partial charge >= 0.3 is 18.2 Å². The number of fused-ring (bicyclic) bond motifs is 3. The Labute approximate surface area is 198 Å². The fourth-order valence-corrected chi connectivity index (χ4v) is 4.56. The number of carboxylic acids is 1. The average Bonchev–Trinajstić information content (AvgIpc) is 3.06. The molecule has 1 aliphatic heterocycles. The topological polar surface area (TPSA) is 105 Å². The molecule has 1 fully saturated rings. The van der Waals surface area contributed by atoms with E-state index in [1.165, 1.54) is 11.1 Å². The van der Waals surface area contributed by atoms with Crippen molar-refractivity contribution in [1.82, 2.24) is 10.2 Å². The van der Waals surface area contributed by atoms with Gasteiger partial charge in [-0.2, -0.15) is 0 Å². The molecule has 0 spiro atoms. The SMILES string of the molecule is CC(C)(C)OC(=O)NC(CC1CN(C(=O)OCC2c3ccccc3-c3ccccc32)C1)C(=O)O. The van der Waals surface area contributed by atoms with E-state index in [0.29, 0.717) is 13.1 Å². The van der Waals surface area contributed by atoms with Gasteiger partial charge in [-0.3, -0.25) is 0 Å². The number of carboxylic acid groups (broad SMARTS) is 1. The Morgan fingerprint density at radius 3 is 2.12 bits per heavy atom. The summed E-state index contributed by atoms with van der Waals surface area (Å²) in [4.78, 5) is 37.7. The molecule has 2 aromatic rings. The zero-order valence-corrected chi connectivity index (χ0v) is 19.6. The van der Waals surface area contributed by atoms with E-state index in [4.69, 9.17) is 9.47 Å². The van der Waals surface area contributed by atoms with E-state index < -0.39 is 29.8 Å². The van der Waals surface area contributed by atoms with Crippen LogP contribution in [0.1, 0.15) is 44.2 Å². The maximum absolute atomic E-state index is 12.6. The number of rotatable bonds is 6. The lowest BCUT2D eigenvalue weighted by Crippen LogP contribution is -2.54. The number of likely N-dealkylation sites (tertiary alicyclic amines) is 1. The highest BCUT2D eigenvalue weighted by Crippen LogP contribution is 2.44. The molecule has 0 aromatic heterocycles. The van der Waals surface area contributed by atoms with Crippen molar-refractivity contribution in [3.05, 3.63) is 59.7 Å². The minimum atomic E-state index is -1.13. The molecule has 0 radical (unpaired) electrons. The Bertz CT molecular complexity index is 1040. The minimum absolute atomic E-state index is 0.0113. The van der Waals surface area contributed by atoms with E-state index in [-0.39, 0.29) is 24.9 Å². The average molecular weight is 467 g/mol. The number of nitrogens with zero attached hydrogens (tertiary/aromatic N) is 1. The second-order valence-electron chi connectivity index (χ2n) is 9.85. The van der Waals surface area contributed by atoms with Gasteiger partial charge in [0.25, 0.3) is 0 Å². The number of carbonyl (C=O) groups is 3. The van der Waals surface area contributed by atoms with E-state index >= 15 is 0 Å². The van der Waals surface area contributed by atoms with Crippen LogP contribution in [0.25, 0.3) is 11.1 Å². The van der Waals surface area contributed by atoms with Crippen LogP contribution in [0.4, 0.5) is 9.59 Å². The molecule has 2 N–H and O–H groups in total. The van der Waals surface area contributed by atoms with Crippen molar-refractivity contribution in [2.45, 2.75) is 44.8 Å². The van der Waals surface area contributed by atoms with Crippen LogP contribution >= 0.6 is 0 Å². The van der Waals surface area contributed by atoms with Gasteiger partial charge in [0.15, 0.2) is 0 Å². The second kappa shape index (κ2) is 9.37. The van der Waals surface area contributed by atoms with E-state index in [1.807, 2.05) is 24.3 Å². The number of hydrogen-bond donors (Lipinski definition) is 2. The summed E-state index contributed by atoms with van der Waals surface area (Å²) in [6.45, 7) is 6.14. The molecule has 2 aromatic carbocycles. The highest BCUT2D eigenvalue weighted by atomic mass is 16.6. The normalized spacial score (nSPS) is 16.1. The van der Waals surface area contributed by atoms with Gasteiger partial charge in [-0.05, 0) is 55.4 Å². The van der Waals surface area contributed by atoms with Gasteiger partial charge in [0.1, 0.15) is 18.2 Å². The highest BCUT2D eigenvalue weighted by molar-refractivity contribution is 5.80. The van der Waals surface area contributed by atoms with Crippen LogP contribution in [0.15, 0.2) is 48.5 Å². The van der Waals surface area contributed by atoms with Crippen LogP contribution in [0.3, 0.4) is 0 Å². The van der Waals surface area contributed by atoms with Crippen LogP contribution in [0.2, 0.25) is 0 Å². The van der Waals surface area contributed by atoms with E-state index in [1.54, 1.807) is 25.7 Å². The number of ether oxygens (including phenoxy) is 2. The summed E-state index contributed by atoms with van der Waals surface area (Å²) in [6.07, 6.45) is -0.973. The van der Waals surface area contributed by atoms with E-state index in [0.717, 1.165) is 11.1 Å². The van der Waals surface area contributed by atoms with Crippen LogP contribution in [0.5, 0.6) is 0 Å². The predicted molar refractivity (Wildman–Crippen MR) is 126 cm³/mol. The predicted octanol–water partition coefficient (Wildman–Crippen LogP) is 4.24. The molecule has 180 valence electrons. The van der Waals surface area contributed by atoms with Gasteiger partial charge in [-0.15, -0.1) is 0 Å². The van der Waals surface area contributed by atoms with Gasteiger partial charge in [0, 0.05) is 19.0 Å². The summed E-state index contributed by atoms with van der Waals surface area (Å²) in [5.41, 5.74) is 3.91. The summed E-state index contributed by atoms with van der Waals surface area (Å²) >= 11 is 0. The maximum Gasteiger partial charge on any atom is 0.409 e. The van der Waals surface area contributed by atoms with Crippen LogP contribution in [0, 0.1) is 5.92 Å². The van der Waals surface area contributed by atoms with Crippen molar-refractivity contribution >= 4 is 18.2 Å². The van der Waals surface area contributed by atoms with Crippen molar-refractivity contribution in [3.63, 3.8) is 0 Å². The number of benzene rings is 2. The lowest BCUT2D eigenvalue weighted by Gasteiger charge is -2.39. The molecule has 2 amide bonds. The third kappa shape index (κ3) is 5.16. The van der Waals surface area contributed by atoms with Gasteiger partial charge < -0.3 is 24.8 Å². The molecule has 2 aliphatic rings. The van der Waals surface area contributed by atoms with Crippen LogP contribution < -0.4 is 5.32 Å². The zero-order chi connectivity index (χ0) is 24.5. The summed E-state index contributed by atoms with van der Waals surface area (Å²) in [7, 11) is 0. The fraction of sp³-hybridized carbons (Fsp3) is 0.423. The standard InChI is InChI=1S/C26H30N2O6/c1-26(2,3)34-24(31)27-22(23(29)30)12-16-13-28(14-16)25(32)33-15-21-19-10-6-4-8-17(19)18-9-5-7-11-20(18)21/h4-11,16,21-22H,12-15H2,1-3H3,(H,27,31)(H,29,30). The van der Waals surface area contributed by atoms with Gasteiger partial charge in [-0.25, -0.2) is 14.4 Å². The fourth-order valence-electron chi connectivity index (χ4n) is 4.56.